The van der Waals surface area contributed by atoms with Crippen LogP contribution < -0.4 is 0 Å². The van der Waals surface area contributed by atoms with Gasteiger partial charge >= 0.3 is 5.97 Å². The molecule has 0 unspecified atom stereocenters. The average molecular weight is 130 g/mol. The molecule has 0 aliphatic carbocycles. The number of H-pyrrole nitrogens is 1. The number of imidazole rings is 1. The molecule has 9 heavy (non-hydrogen) atoms. The molecule has 0 saturated heterocycles. The molecule has 0 amide bonds. The van der Waals surface area contributed by atoms with Gasteiger partial charge in [0.15, 0.2) is 5.69 Å². The minimum Gasteiger partial charge on any atom is -0.476 e. The van der Waals surface area contributed by atoms with E-state index in [1.165, 1.54) is 0 Å². The van der Waals surface area contributed by atoms with E-state index in [4.69, 9.17) is 5.11 Å². The van der Waals surface area contributed by atoms with E-state index in [1.54, 1.807) is 0 Å². The van der Waals surface area contributed by atoms with Crippen LogP contribution in [0.1, 0.15) is 10.5 Å². The maximum Gasteiger partial charge on any atom is 0.357 e. The van der Waals surface area contributed by atoms with Gasteiger partial charge in [-0.1, -0.05) is 0 Å². The molecule has 0 aliphatic rings. The first-order chi connectivity index (χ1) is 4.22. The first-order valence-corrected chi connectivity index (χ1v) is 2.14. The Morgan fingerprint density at radius 3 is 2.78 bits per heavy atom. The molecule has 0 spiro atoms. The van der Waals surface area contributed by atoms with Gasteiger partial charge in [0, 0.05) is 0 Å². The summed E-state index contributed by atoms with van der Waals surface area (Å²) in [6, 6.07) is 0. The van der Waals surface area contributed by atoms with Gasteiger partial charge in [0.05, 0.1) is 6.33 Å². The second kappa shape index (κ2) is 1.85. The van der Waals surface area contributed by atoms with Crippen LogP contribution in [0.5, 0.6) is 0 Å². The zero-order valence-corrected chi connectivity index (χ0v) is 4.26. The number of rotatable bonds is 1. The van der Waals surface area contributed by atoms with Crippen LogP contribution in [-0.4, -0.2) is 21.0 Å². The number of aromatic amines is 1. The van der Waals surface area contributed by atoms with Crippen LogP contribution in [0, 0.1) is 5.95 Å². The number of carbonyl (C=O) groups is 1. The number of aromatic carboxylic acids is 1. The Hall–Kier alpha value is -1.39. The number of carboxylic acids is 1. The second-order valence-corrected chi connectivity index (χ2v) is 1.37. The average Bonchev–Trinajstić information content (AvgIpc) is 2.13. The summed E-state index contributed by atoms with van der Waals surface area (Å²) in [6.07, 6.45) is 0.985. The molecule has 0 aromatic carbocycles. The Labute approximate surface area is 49.3 Å². The number of aromatic nitrogens is 2. The van der Waals surface area contributed by atoms with Gasteiger partial charge in [0.25, 0.3) is 0 Å². The van der Waals surface area contributed by atoms with Crippen molar-refractivity contribution in [2.45, 2.75) is 0 Å². The van der Waals surface area contributed by atoms with Crippen molar-refractivity contribution >= 4 is 5.97 Å². The smallest absolute Gasteiger partial charge is 0.357 e. The predicted octanol–water partition coefficient (Wildman–Crippen LogP) is 0.247. The van der Waals surface area contributed by atoms with Gasteiger partial charge in [-0.25, -0.2) is 9.78 Å². The van der Waals surface area contributed by atoms with Crippen molar-refractivity contribution in [1.82, 2.24) is 9.97 Å². The van der Waals surface area contributed by atoms with Crippen LogP contribution in [0.2, 0.25) is 0 Å². The maximum absolute atomic E-state index is 12.1. The zero-order chi connectivity index (χ0) is 6.85. The summed E-state index contributed by atoms with van der Waals surface area (Å²) in [5.74, 6) is -2.33. The third kappa shape index (κ3) is 0.883. The standard InChI is InChI=1S/C4H3FN2O2/c5-3-2(4(8)9)6-1-7-3/h1H,(H,6,7)(H,8,9). The highest BCUT2D eigenvalue weighted by molar-refractivity contribution is 5.85. The van der Waals surface area contributed by atoms with E-state index in [1.807, 2.05) is 0 Å². The summed E-state index contributed by atoms with van der Waals surface area (Å²) in [4.78, 5) is 15.1. The fraction of sp³-hybridized carbons (Fsp3) is 0. The molecule has 0 saturated carbocycles. The molecule has 0 aliphatic heterocycles. The molecule has 0 atom stereocenters. The van der Waals surface area contributed by atoms with Crippen molar-refractivity contribution in [3.63, 3.8) is 0 Å². The Morgan fingerprint density at radius 2 is 2.56 bits per heavy atom. The van der Waals surface area contributed by atoms with E-state index in [0.717, 1.165) is 6.33 Å². The molecule has 1 heterocycles. The highest BCUT2D eigenvalue weighted by Gasteiger charge is 2.10. The summed E-state index contributed by atoms with van der Waals surface area (Å²) in [5.41, 5.74) is -0.505. The molecule has 1 rings (SSSR count). The molecule has 0 fully saturated rings. The lowest BCUT2D eigenvalue weighted by molar-refractivity contribution is 0.0685. The molecule has 0 radical (unpaired) electrons. The quantitative estimate of drug-likeness (QED) is 0.572. The van der Waals surface area contributed by atoms with E-state index in [9.17, 15) is 9.18 Å². The molecule has 4 nitrogen and oxygen atoms in total. The lowest BCUT2D eigenvalue weighted by Gasteiger charge is -1.82. The van der Waals surface area contributed by atoms with Crippen molar-refractivity contribution < 1.29 is 14.3 Å². The van der Waals surface area contributed by atoms with Gasteiger partial charge in [-0.15, -0.1) is 0 Å². The van der Waals surface area contributed by atoms with Crippen LogP contribution in [-0.2, 0) is 0 Å². The summed E-state index contributed by atoms with van der Waals surface area (Å²) in [7, 11) is 0. The van der Waals surface area contributed by atoms with E-state index in [2.05, 4.69) is 9.97 Å². The summed E-state index contributed by atoms with van der Waals surface area (Å²) in [6.45, 7) is 0. The minimum atomic E-state index is -1.34. The van der Waals surface area contributed by atoms with Crippen LogP contribution in [0.25, 0.3) is 0 Å². The fourth-order valence-electron chi connectivity index (χ4n) is 0.428. The van der Waals surface area contributed by atoms with Crippen molar-refractivity contribution in [1.29, 1.82) is 0 Å². The number of hydrogen-bond acceptors (Lipinski definition) is 2. The third-order valence-electron chi connectivity index (χ3n) is 0.807. The molecule has 1 aromatic rings. The topological polar surface area (TPSA) is 66.0 Å². The monoisotopic (exact) mass is 130 g/mol. The number of nitrogens with one attached hydrogen (secondary N) is 1. The third-order valence-corrected chi connectivity index (χ3v) is 0.807. The summed E-state index contributed by atoms with van der Waals surface area (Å²) < 4.78 is 12.1. The van der Waals surface area contributed by atoms with Crippen molar-refractivity contribution in [2.75, 3.05) is 0 Å². The first kappa shape index (κ1) is 5.74. The zero-order valence-electron chi connectivity index (χ0n) is 4.26. The lowest BCUT2D eigenvalue weighted by atomic mass is 10.5. The van der Waals surface area contributed by atoms with Gasteiger partial charge in [0.2, 0.25) is 5.95 Å². The predicted molar refractivity (Wildman–Crippen MR) is 25.5 cm³/mol. The molecule has 5 heteroatoms. The van der Waals surface area contributed by atoms with Gasteiger partial charge < -0.3 is 10.1 Å². The molecule has 2 N–H and O–H groups in total. The Kier molecular flexibility index (Phi) is 1.18. The minimum absolute atomic E-state index is 0.505. The number of hydrogen-bond donors (Lipinski definition) is 2. The van der Waals surface area contributed by atoms with E-state index in [0.29, 0.717) is 0 Å². The Morgan fingerprint density at radius 1 is 1.89 bits per heavy atom. The van der Waals surface area contributed by atoms with E-state index in [-0.39, 0.29) is 0 Å². The van der Waals surface area contributed by atoms with Crippen LogP contribution >= 0.6 is 0 Å². The summed E-state index contributed by atoms with van der Waals surface area (Å²) in [5, 5.41) is 8.14. The van der Waals surface area contributed by atoms with Crippen molar-refractivity contribution in [3.8, 4) is 0 Å². The van der Waals surface area contributed by atoms with E-state index >= 15 is 0 Å². The normalized spacial score (nSPS) is 9.44. The molecular weight excluding hydrogens is 127 g/mol. The van der Waals surface area contributed by atoms with Crippen LogP contribution in [0.3, 0.4) is 0 Å². The van der Waals surface area contributed by atoms with Crippen molar-refractivity contribution in [2.24, 2.45) is 0 Å². The SMILES string of the molecule is O=C(O)c1[nH]cnc1F. The highest BCUT2D eigenvalue weighted by atomic mass is 19.1. The molecular formula is C4H3FN2O2. The fourth-order valence-corrected chi connectivity index (χ4v) is 0.428. The second-order valence-electron chi connectivity index (χ2n) is 1.37. The molecule has 0 bridgehead atoms. The first-order valence-electron chi connectivity index (χ1n) is 2.14. The number of carboxylic acid groups (broad SMARTS) is 1. The highest BCUT2D eigenvalue weighted by Crippen LogP contribution is 1.97. The van der Waals surface area contributed by atoms with E-state index < -0.39 is 17.6 Å². The van der Waals surface area contributed by atoms with Gasteiger partial charge in [-0.3, -0.25) is 0 Å². The summed E-state index contributed by atoms with van der Waals surface area (Å²) >= 11 is 0. The maximum atomic E-state index is 12.1. The lowest BCUT2D eigenvalue weighted by Crippen LogP contribution is -1.98. The van der Waals surface area contributed by atoms with Crippen molar-refractivity contribution in [3.05, 3.63) is 18.0 Å². The molecule has 48 valence electrons. The number of halogens is 1. The van der Waals surface area contributed by atoms with Gasteiger partial charge in [-0.05, 0) is 0 Å². The largest absolute Gasteiger partial charge is 0.476 e. The van der Waals surface area contributed by atoms with Crippen LogP contribution in [0.15, 0.2) is 6.33 Å². The Balaban J connectivity index is 3.08. The van der Waals surface area contributed by atoms with Crippen LogP contribution in [0.4, 0.5) is 4.39 Å². The molecule has 1 aromatic heterocycles. The van der Waals surface area contributed by atoms with Gasteiger partial charge in [0.1, 0.15) is 0 Å². The number of nitrogens with zero attached hydrogens (tertiary/aromatic N) is 1. The Bertz CT molecular complexity index is 232. The van der Waals surface area contributed by atoms with Gasteiger partial charge in [-0.2, -0.15) is 4.39 Å².